The van der Waals surface area contributed by atoms with E-state index in [1.54, 1.807) is 5.56 Å². The molecule has 0 aliphatic heterocycles. The highest BCUT2D eigenvalue weighted by Gasteiger charge is 2.25. The van der Waals surface area contributed by atoms with Gasteiger partial charge in [0, 0.05) is 5.33 Å². The fourth-order valence-electron chi connectivity index (χ4n) is 1.97. The van der Waals surface area contributed by atoms with Crippen molar-refractivity contribution in [1.82, 2.24) is 0 Å². The van der Waals surface area contributed by atoms with Crippen LogP contribution in [0.15, 0.2) is 29.8 Å². The van der Waals surface area contributed by atoms with Crippen molar-refractivity contribution in [2.75, 3.05) is 5.33 Å². The molecular formula is C15H19Br. The molecule has 0 amide bonds. The molecule has 0 saturated heterocycles. The molecule has 1 aliphatic rings. The Bertz CT molecular complexity index is 386. The first-order valence-electron chi connectivity index (χ1n) is 6.07. The van der Waals surface area contributed by atoms with Crippen LogP contribution in [0.25, 0.3) is 6.08 Å². The van der Waals surface area contributed by atoms with Gasteiger partial charge in [0.2, 0.25) is 0 Å². The summed E-state index contributed by atoms with van der Waals surface area (Å²) in [6.07, 6.45) is 5.11. The number of halogens is 1. The minimum absolute atomic E-state index is 0.617. The van der Waals surface area contributed by atoms with Gasteiger partial charge in [-0.15, -0.1) is 0 Å². The topological polar surface area (TPSA) is 0 Å². The van der Waals surface area contributed by atoms with Crippen LogP contribution in [0.4, 0.5) is 0 Å². The zero-order valence-corrected chi connectivity index (χ0v) is 11.6. The molecule has 0 bridgehead atoms. The van der Waals surface area contributed by atoms with Crippen LogP contribution >= 0.6 is 15.9 Å². The van der Waals surface area contributed by atoms with Crippen molar-refractivity contribution < 1.29 is 0 Å². The first-order valence-corrected chi connectivity index (χ1v) is 7.20. The molecule has 0 radical (unpaired) electrons. The second kappa shape index (κ2) is 5.18. The molecule has 0 spiro atoms. The number of allylic oxidation sites excluding steroid dienone is 1. The van der Waals surface area contributed by atoms with Crippen LogP contribution in [0, 0.1) is 5.92 Å². The zero-order valence-electron chi connectivity index (χ0n) is 10.0. The van der Waals surface area contributed by atoms with Crippen LogP contribution in [0.2, 0.25) is 0 Å². The summed E-state index contributed by atoms with van der Waals surface area (Å²) in [5, 5.41) is 0.976. The molecule has 1 aliphatic carbocycles. The monoisotopic (exact) mass is 278 g/mol. The molecule has 1 heteroatoms. The predicted octanol–water partition coefficient (Wildman–Crippen LogP) is 5.00. The van der Waals surface area contributed by atoms with Gasteiger partial charge in [-0.05, 0) is 35.8 Å². The summed E-state index contributed by atoms with van der Waals surface area (Å²) in [6, 6.07) is 8.84. The van der Waals surface area contributed by atoms with Gasteiger partial charge >= 0.3 is 0 Å². The first kappa shape index (κ1) is 11.9. The third-order valence-corrected chi connectivity index (χ3v) is 3.90. The Morgan fingerprint density at radius 3 is 2.62 bits per heavy atom. The normalized spacial score (nSPS) is 16.9. The predicted molar refractivity (Wildman–Crippen MR) is 75.0 cm³/mol. The Balaban J connectivity index is 2.32. The zero-order chi connectivity index (χ0) is 11.5. The van der Waals surface area contributed by atoms with Crippen molar-refractivity contribution in [2.45, 2.75) is 32.6 Å². The van der Waals surface area contributed by atoms with Crippen LogP contribution in [0.3, 0.4) is 0 Å². The molecule has 1 aromatic carbocycles. The number of benzene rings is 1. The molecule has 1 fully saturated rings. The van der Waals surface area contributed by atoms with E-state index < -0.39 is 0 Å². The van der Waals surface area contributed by atoms with Crippen LogP contribution < -0.4 is 0 Å². The summed E-state index contributed by atoms with van der Waals surface area (Å²) >= 11 is 3.58. The number of hydrogen-bond acceptors (Lipinski definition) is 0. The van der Waals surface area contributed by atoms with Gasteiger partial charge in [-0.3, -0.25) is 0 Å². The SMILES string of the molecule is CC(C)C(=Cc1ccccc1C1CC1)CBr. The molecule has 0 unspecified atom stereocenters. The summed E-state index contributed by atoms with van der Waals surface area (Å²) in [5.74, 6) is 1.45. The van der Waals surface area contributed by atoms with Crippen molar-refractivity contribution in [2.24, 2.45) is 5.92 Å². The largest absolute Gasteiger partial charge is 0.0880 e. The number of hydrogen-bond donors (Lipinski definition) is 0. The Morgan fingerprint density at radius 1 is 1.38 bits per heavy atom. The van der Waals surface area contributed by atoms with Crippen molar-refractivity contribution >= 4 is 22.0 Å². The van der Waals surface area contributed by atoms with E-state index in [1.165, 1.54) is 24.0 Å². The molecule has 1 saturated carbocycles. The Morgan fingerprint density at radius 2 is 2.06 bits per heavy atom. The minimum atomic E-state index is 0.617. The third kappa shape index (κ3) is 2.76. The maximum atomic E-state index is 3.58. The van der Waals surface area contributed by atoms with Gasteiger partial charge in [0.1, 0.15) is 0 Å². The van der Waals surface area contributed by atoms with Crippen LogP contribution in [0.5, 0.6) is 0 Å². The molecule has 16 heavy (non-hydrogen) atoms. The van der Waals surface area contributed by atoms with Gasteiger partial charge < -0.3 is 0 Å². The molecule has 0 atom stereocenters. The van der Waals surface area contributed by atoms with Crippen molar-refractivity contribution in [3.8, 4) is 0 Å². The van der Waals surface area contributed by atoms with Gasteiger partial charge in [-0.2, -0.15) is 0 Å². The second-order valence-electron chi connectivity index (χ2n) is 4.91. The molecule has 86 valence electrons. The van der Waals surface area contributed by atoms with Gasteiger partial charge in [-0.1, -0.05) is 65.7 Å². The molecular weight excluding hydrogens is 260 g/mol. The van der Waals surface area contributed by atoms with Gasteiger partial charge in [0.05, 0.1) is 0 Å². The Kier molecular flexibility index (Phi) is 3.86. The molecule has 0 aromatic heterocycles. The number of rotatable bonds is 4. The number of alkyl halides is 1. The van der Waals surface area contributed by atoms with Crippen LogP contribution in [-0.2, 0) is 0 Å². The van der Waals surface area contributed by atoms with E-state index in [-0.39, 0.29) is 0 Å². The molecule has 0 heterocycles. The Labute approximate surface area is 107 Å². The summed E-state index contributed by atoms with van der Waals surface area (Å²) in [7, 11) is 0. The van der Waals surface area contributed by atoms with Crippen molar-refractivity contribution in [3.63, 3.8) is 0 Å². The fraction of sp³-hybridized carbons (Fsp3) is 0.467. The highest BCUT2D eigenvalue weighted by atomic mass is 79.9. The molecule has 2 rings (SSSR count). The quantitative estimate of drug-likeness (QED) is 0.680. The molecule has 1 aromatic rings. The highest BCUT2D eigenvalue weighted by Crippen LogP contribution is 2.42. The van der Waals surface area contributed by atoms with Gasteiger partial charge in [0.15, 0.2) is 0 Å². The van der Waals surface area contributed by atoms with Gasteiger partial charge in [0.25, 0.3) is 0 Å². The van der Waals surface area contributed by atoms with E-state index in [0.717, 1.165) is 11.2 Å². The second-order valence-corrected chi connectivity index (χ2v) is 5.47. The highest BCUT2D eigenvalue weighted by molar-refractivity contribution is 9.09. The summed E-state index contributed by atoms with van der Waals surface area (Å²) in [4.78, 5) is 0. The van der Waals surface area contributed by atoms with Crippen LogP contribution in [-0.4, -0.2) is 5.33 Å². The van der Waals surface area contributed by atoms with E-state index in [0.29, 0.717) is 5.92 Å². The minimum Gasteiger partial charge on any atom is -0.0880 e. The lowest BCUT2D eigenvalue weighted by molar-refractivity contribution is 0.780. The summed E-state index contributed by atoms with van der Waals surface area (Å²) < 4.78 is 0. The lowest BCUT2D eigenvalue weighted by Crippen LogP contribution is -1.96. The standard InChI is InChI=1S/C15H19Br/c1-11(2)14(10-16)9-13-5-3-4-6-15(13)12-7-8-12/h3-6,9,11-12H,7-8,10H2,1-2H3. The average molecular weight is 279 g/mol. The fourth-order valence-corrected chi connectivity index (χ4v) is 2.78. The van der Waals surface area contributed by atoms with Crippen molar-refractivity contribution in [3.05, 3.63) is 41.0 Å². The van der Waals surface area contributed by atoms with E-state index in [4.69, 9.17) is 0 Å². The lowest BCUT2D eigenvalue weighted by Gasteiger charge is -2.10. The lowest BCUT2D eigenvalue weighted by atomic mass is 9.97. The summed E-state index contributed by atoms with van der Waals surface area (Å²) in [6.45, 7) is 4.51. The van der Waals surface area contributed by atoms with Crippen molar-refractivity contribution in [1.29, 1.82) is 0 Å². The van der Waals surface area contributed by atoms with E-state index in [9.17, 15) is 0 Å². The Hall–Kier alpha value is -0.560. The average Bonchev–Trinajstić information content (AvgIpc) is 3.09. The van der Waals surface area contributed by atoms with E-state index >= 15 is 0 Å². The van der Waals surface area contributed by atoms with E-state index in [1.807, 2.05) is 0 Å². The van der Waals surface area contributed by atoms with Crippen LogP contribution in [0.1, 0.15) is 43.7 Å². The summed E-state index contributed by atoms with van der Waals surface area (Å²) in [5.41, 5.74) is 4.45. The third-order valence-electron chi connectivity index (χ3n) is 3.25. The van der Waals surface area contributed by atoms with Gasteiger partial charge in [-0.25, -0.2) is 0 Å². The maximum Gasteiger partial charge on any atom is 0.0247 e. The van der Waals surface area contributed by atoms with E-state index in [2.05, 4.69) is 60.1 Å². The first-order chi connectivity index (χ1) is 7.72. The maximum absolute atomic E-state index is 3.58. The molecule has 0 nitrogen and oxygen atoms in total. The smallest absolute Gasteiger partial charge is 0.0247 e. The molecule has 0 N–H and O–H groups in total.